The average Bonchev–Trinajstić information content (AvgIpc) is 3.55. The van der Waals surface area contributed by atoms with Crippen LogP contribution >= 0.6 is 23.2 Å². The first kappa shape index (κ1) is 39.2. The molecule has 1 saturated heterocycles. The Morgan fingerprint density at radius 1 is 1.20 bits per heavy atom. The predicted octanol–water partition coefficient (Wildman–Crippen LogP) is 9.18. The summed E-state index contributed by atoms with van der Waals surface area (Å²) in [6, 6.07) is 14.3. The zero-order valence-electron chi connectivity index (χ0n) is 30.8. The Kier molecular flexibility index (Phi) is 12.9. The summed E-state index contributed by atoms with van der Waals surface area (Å²) >= 11 is 11.7. The summed E-state index contributed by atoms with van der Waals surface area (Å²) in [7, 11) is 3.95. The molecule has 13 heteroatoms. The Morgan fingerprint density at radius 2 is 2.04 bits per heavy atom. The molecule has 2 aliphatic rings. The van der Waals surface area contributed by atoms with Crippen LogP contribution in [0.25, 0.3) is 21.9 Å². The molecule has 0 spiro atoms. The third kappa shape index (κ3) is 9.03. The van der Waals surface area contributed by atoms with E-state index in [0.717, 1.165) is 80.4 Å². The molecule has 5 aromatic rings. The number of rotatable bonds is 16. The van der Waals surface area contributed by atoms with Gasteiger partial charge < -0.3 is 24.7 Å². The standard InChI is InChI=1S/C32H39ClFN5O2.C9H7ClN2O/c1-35-15-14-32(13-6-4-5-7-30(37-3)41-21-22-8-9-23(33)17-27(22)34)19-26(32)31-38-28-18-24(36-2)10-11-29(28)39(31)20-25-12-16-40-25;1-5-7-2-6(4-13)3-8(10)9(7)12-11-5/h4-5,7-11,17-18,25-26,35-36H,3,6,12-16,19-21H2,1-2H3;2-4H,1H3,(H,11,12)/b5-4-,30-7+;. The van der Waals surface area contributed by atoms with Crippen molar-refractivity contribution in [2.75, 3.05) is 32.6 Å². The number of carbonyl (C=O) groups is 1. The lowest BCUT2D eigenvalue weighted by Crippen LogP contribution is -2.31. The van der Waals surface area contributed by atoms with Crippen molar-refractivity contribution in [3.8, 4) is 0 Å². The molecule has 2 fully saturated rings. The summed E-state index contributed by atoms with van der Waals surface area (Å²) in [5.74, 6) is 1.54. The molecule has 1 aliphatic carbocycles. The number of aldehydes is 1. The summed E-state index contributed by atoms with van der Waals surface area (Å²) in [5, 5.41) is 15.2. The molecule has 54 heavy (non-hydrogen) atoms. The van der Waals surface area contributed by atoms with E-state index in [1.807, 2.05) is 27.1 Å². The number of carbonyl (C=O) groups excluding carboxylic acids is 1. The highest BCUT2D eigenvalue weighted by Crippen LogP contribution is 2.64. The molecule has 1 saturated carbocycles. The van der Waals surface area contributed by atoms with Crippen molar-refractivity contribution in [3.63, 3.8) is 0 Å². The number of hydrogen-bond donors (Lipinski definition) is 3. The van der Waals surface area contributed by atoms with E-state index in [0.29, 0.717) is 38.5 Å². The quantitative estimate of drug-likeness (QED) is 0.0396. The van der Waals surface area contributed by atoms with Crippen LogP contribution in [-0.2, 0) is 22.6 Å². The second kappa shape index (κ2) is 17.7. The van der Waals surface area contributed by atoms with Crippen LogP contribution in [0.3, 0.4) is 0 Å². The molecule has 7 rings (SSSR count). The van der Waals surface area contributed by atoms with Gasteiger partial charge in [0.15, 0.2) is 0 Å². The minimum Gasteiger partial charge on any atom is -0.473 e. The number of allylic oxidation sites excluding steroid dienone is 3. The van der Waals surface area contributed by atoms with Gasteiger partial charge in [0.05, 0.1) is 28.7 Å². The van der Waals surface area contributed by atoms with Gasteiger partial charge in [-0.25, -0.2) is 14.4 Å². The van der Waals surface area contributed by atoms with Gasteiger partial charge >= 0.3 is 0 Å². The number of aryl methyl sites for hydroxylation is 1. The Balaban J connectivity index is 0.000000321. The van der Waals surface area contributed by atoms with Gasteiger partial charge in [-0.15, -0.1) is 0 Å². The number of nitrogens with zero attached hydrogens (tertiary/aromatic N) is 4. The van der Waals surface area contributed by atoms with Crippen LogP contribution in [-0.4, -0.2) is 66.1 Å². The number of nitrogens with one attached hydrogen (secondary N) is 3. The second-order valence-electron chi connectivity index (χ2n) is 13.8. The number of aliphatic imine (C=N–C) groups is 1. The highest BCUT2D eigenvalue weighted by Gasteiger charge is 2.55. The smallest absolute Gasteiger partial charge is 0.212 e. The number of imidazole rings is 1. The van der Waals surface area contributed by atoms with Crippen molar-refractivity contribution in [1.29, 1.82) is 0 Å². The van der Waals surface area contributed by atoms with Crippen LogP contribution in [0.15, 0.2) is 77.6 Å². The van der Waals surface area contributed by atoms with E-state index in [-0.39, 0.29) is 18.1 Å². The normalized spacial score (nSPS) is 19.4. The number of fused-ring (bicyclic) bond motifs is 2. The van der Waals surface area contributed by atoms with Crippen LogP contribution in [0.5, 0.6) is 0 Å². The summed E-state index contributed by atoms with van der Waals surface area (Å²) in [6.45, 7) is 8.19. The fraction of sp³-hybridized carbons (Fsp3) is 0.366. The molecule has 10 nitrogen and oxygen atoms in total. The van der Waals surface area contributed by atoms with Gasteiger partial charge in [0.2, 0.25) is 5.88 Å². The lowest BCUT2D eigenvalue weighted by molar-refractivity contribution is -0.0590. The SMILES string of the molecule is C=N/C(=C\C=C/CCC1(CCNC)CC1c1nc2cc(NC)ccc2n1CC1CCO1)OCc1ccc(Cl)cc1F.Cc1[nH]nc2c(Cl)cc(C=O)cc12. The number of hydrogen-bond acceptors (Lipinski definition) is 8. The topological polar surface area (TPSA) is 118 Å². The van der Waals surface area contributed by atoms with Crippen molar-refractivity contribution in [1.82, 2.24) is 25.1 Å². The summed E-state index contributed by atoms with van der Waals surface area (Å²) in [4.78, 5) is 19.7. The van der Waals surface area contributed by atoms with E-state index in [2.05, 4.69) is 61.4 Å². The van der Waals surface area contributed by atoms with Gasteiger partial charge in [0, 0.05) is 52.5 Å². The molecule has 3 unspecified atom stereocenters. The zero-order valence-corrected chi connectivity index (χ0v) is 32.3. The van der Waals surface area contributed by atoms with E-state index in [9.17, 15) is 9.18 Å². The molecule has 284 valence electrons. The van der Waals surface area contributed by atoms with Crippen molar-refractivity contribution in [3.05, 3.63) is 111 Å². The molecule has 0 bridgehead atoms. The number of ether oxygens (including phenoxy) is 2. The fourth-order valence-electron chi connectivity index (χ4n) is 7.00. The summed E-state index contributed by atoms with van der Waals surface area (Å²) in [6.07, 6.45) is 12.2. The number of benzene rings is 3. The van der Waals surface area contributed by atoms with Gasteiger partial charge in [-0.05, 0) is 113 Å². The molecular formula is C41H46Cl2FN7O3. The van der Waals surface area contributed by atoms with E-state index in [4.69, 9.17) is 37.7 Å². The third-order valence-electron chi connectivity index (χ3n) is 10.3. The Hall–Kier alpha value is -4.55. The Morgan fingerprint density at radius 3 is 2.74 bits per heavy atom. The molecule has 2 aromatic heterocycles. The van der Waals surface area contributed by atoms with Crippen LogP contribution < -0.4 is 10.6 Å². The zero-order chi connectivity index (χ0) is 38.2. The first-order valence-corrected chi connectivity index (χ1v) is 18.9. The number of anilines is 1. The largest absolute Gasteiger partial charge is 0.473 e. The summed E-state index contributed by atoms with van der Waals surface area (Å²) < 4.78 is 27.9. The van der Waals surface area contributed by atoms with Crippen molar-refractivity contribution < 1.29 is 18.7 Å². The maximum Gasteiger partial charge on any atom is 0.212 e. The van der Waals surface area contributed by atoms with E-state index in [1.165, 1.54) is 17.4 Å². The summed E-state index contributed by atoms with van der Waals surface area (Å²) in [5.41, 5.74) is 6.10. The number of aromatic amines is 1. The lowest BCUT2D eigenvalue weighted by Gasteiger charge is -2.28. The maximum absolute atomic E-state index is 14.1. The highest BCUT2D eigenvalue weighted by molar-refractivity contribution is 6.35. The van der Waals surface area contributed by atoms with Crippen LogP contribution in [0.1, 0.15) is 65.5 Å². The fourth-order valence-corrected chi connectivity index (χ4v) is 7.43. The highest BCUT2D eigenvalue weighted by atomic mass is 35.5. The molecule has 3 atom stereocenters. The Labute approximate surface area is 324 Å². The lowest BCUT2D eigenvalue weighted by atomic mass is 9.92. The van der Waals surface area contributed by atoms with Crippen LogP contribution in [0, 0.1) is 18.2 Å². The first-order chi connectivity index (χ1) is 26.2. The molecule has 3 N–H and O–H groups in total. The van der Waals surface area contributed by atoms with Crippen molar-refractivity contribution in [2.24, 2.45) is 10.4 Å². The van der Waals surface area contributed by atoms with E-state index >= 15 is 0 Å². The molecular weight excluding hydrogens is 728 g/mol. The average molecular weight is 775 g/mol. The van der Waals surface area contributed by atoms with E-state index in [1.54, 1.807) is 30.3 Å². The second-order valence-corrected chi connectivity index (χ2v) is 14.7. The number of H-pyrrole nitrogens is 1. The molecule has 3 aromatic carbocycles. The van der Waals surface area contributed by atoms with Gasteiger partial charge in [0.25, 0.3) is 0 Å². The number of aromatic nitrogens is 4. The van der Waals surface area contributed by atoms with Gasteiger partial charge in [-0.1, -0.05) is 41.4 Å². The van der Waals surface area contributed by atoms with Crippen molar-refractivity contribution >= 4 is 63.8 Å². The molecule has 0 radical (unpaired) electrons. The van der Waals surface area contributed by atoms with E-state index < -0.39 is 5.82 Å². The molecule has 3 heterocycles. The van der Waals surface area contributed by atoms with Gasteiger partial charge in [-0.2, -0.15) is 5.10 Å². The van der Waals surface area contributed by atoms with Gasteiger partial charge in [-0.3, -0.25) is 9.89 Å². The third-order valence-corrected chi connectivity index (χ3v) is 10.8. The minimum absolute atomic E-state index is 0.0548. The molecule has 0 amide bonds. The Bertz CT molecular complexity index is 2180. The van der Waals surface area contributed by atoms with Crippen LogP contribution in [0.2, 0.25) is 10.0 Å². The van der Waals surface area contributed by atoms with Gasteiger partial charge in [0.1, 0.15) is 30.1 Å². The predicted molar refractivity (Wildman–Crippen MR) is 215 cm³/mol. The first-order valence-electron chi connectivity index (χ1n) is 18.1. The minimum atomic E-state index is -0.404. The van der Waals surface area contributed by atoms with Crippen LogP contribution in [0.4, 0.5) is 10.1 Å². The number of halogens is 3. The molecule has 1 aliphatic heterocycles. The van der Waals surface area contributed by atoms with Crippen molar-refractivity contribution in [2.45, 2.75) is 64.2 Å². The monoisotopic (exact) mass is 773 g/mol. The maximum atomic E-state index is 14.1.